The van der Waals surface area contributed by atoms with Crippen molar-refractivity contribution in [3.05, 3.63) is 33.4 Å². The fourth-order valence-electron chi connectivity index (χ4n) is 3.85. The molecule has 1 saturated carbocycles. The predicted molar refractivity (Wildman–Crippen MR) is 81.6 cm³/mol. The molecule has 2 aliphatic rings. The molecule has 2 fully saturated rings. The van der Waals surface area contributed by atoms with Crippen LogP contribution in [0, 0.1) is 35.3 Å². The molecule has 3 unspecified atom stereocenters. The van der Waals surface area contributed by atoms with Gasteiger partial charge in [0.25, 0.3) is 5.69 Å². The van der Waals surface area contributed by atoms with Crippen molar-refractivity contribution >= 4 is 11.4 Å². The van der Waals surface area contributed by atoms with E-state index in [9.17, 15) is 10.1 Å². The number of ether oxygens (including phenoxy) is 1. The van der Waals surface area contributed by atoms with Crippen molar-refractivity contribution in [2.75, 3.05) is 11.9 Å². The van der Waals surface area contributed by atoms with E-state index in [4.69, 9.17) is 4.74 Å². The monoisotopic (exact) mass is 290 g/mol. The van der Waals surface area contributed by atoms with Crippen molar-refractivity contribution in [3.63, 3.8) is 0 Å². The summed E-state index contributed by atoms with van der Waals surface area (Å²) in [7, 11) is 0. The Kier molecular flexibility index (Phi) is 3.20. The van der Waals surface area contributed by atoms with Gasteiger partial charge in [-0.05, 0) is 37.5 Å². The van der Waals surface area contributed by atoms with Crippen molar-refractivity contribution in [3.8, 4) is 0 Å². The molecule has 1 aliphatic heterocycles. The van der Waals surface area contributed by atoms with Crippen molar-refractivity contribution < 1.29 is 9.66 Å². The summed E-state index contributed by atoms with van der Waals surface area (Å²) in [5.41, 5.74) is 2.82. The molecule has 21 heavy (non-hydrogen) atoms. The lowest BCUT2D eigenvalue weighted by Crippen LogP contribution is -2.63. The van der Waals surface area contributed by atoms with Crippen LogP contribution in [0.2, 0.25) is 0 Å². The van der Waals surface area contributed by atoms with E-state index in [1.54, 1.807) is 6.07 Å². The molecule has 0 spiro atoms. The zero-order chi connectivity index (χ0) is 15.4. The highest BCUT2D eigenvalue weighted by Crippen LogP contribution is 2.53. The molecule has 5 nitrogen and oxygen atoms in total. The summed E-state index contributed by atoms with van der Waals surface area (Å²) < 4.78 is 5.78. The van der Waals surface area contributed by atoms with Crippen LogP contribution in [0.4, 0.5) is 11.4 Å². The smallest absolute Gasteiger partial charge is 0.292 e. The first-order valence-corrected chi connectivity index (χ1v) is 7.46. The van der Waals surface area contributed by atoms with E-state index in [0.717, 1.165) is 24.2 Å². The second kappa shape index (κ2) is 4.70. The molecule has 1 heterocycles. The second-order valence-electron chi connectivity index (χ2n) is 6.90. The van der Waals surface area contributed by atoms with Crippen molar-refractivity contribution in [1.29, 1.82) is 0 Å². The van der Waals surface area contributed by atoms with Crippen LogP contribution in [0.25, 0.3) is 0 Å². The van der Waals surface area contributed by atoms with E-state index in [-0.39, 0.29) is 28.2 Å². The third-order valence-corrected chi connectivity index (χ3v) is 5.22. The minimum Gasteiger partial charge on any atom is -0.377 e. The fraction of sp³-hybridized carbons (Fsp3) is 0.625. The molecule has 0 amide bonds. The predicted octanol–water partition coefficient (Wildman–Crippen LogP) is 3.44. The lowest BCUT2D eigenvalue weighted by atomic mass is 9.57. The Balaban J connectivity index is 1.91. The van der Waals surface area contributed by atoms with Crippen LogP contribution in [-0.4, -0.2) is 23.7 Å². The molecule has 0 aromatic heterocycles. The van der Waals surface area contributed by atoms with Gasteiger partial charge in [0.1, 0.15) is 5.69 Å². The number of nitrogens with one attached hydrogen (secondary N) is 1. The molecule has 114 valence electrons. The quantitative estimate of drug-likeness (QED) is 0.684. The summed E-state index contributed by atoms with van der Waals surface area (Å²) in [6.45, 7) is 9.03. The third-order valence-electron chi connectivity index (χ3n) is 5.22. The van der Waals surface area contributed by atoms with Crippen molar-refractivity contribution in [2.24, 2.45) is 11.3 Å². The van der Waals surface area contributed by atoms with Crippen LogP contribution in [0.3, 0.4) is 0 Å². The van der Waals surface area contributed by atoms with Gasteiger partial charge in [0.15, 0.2) is 0 Å². The fourth-order valence-corrected chi connectivity index (χ4v) is 3.85. The van der Waals surface area contributed by atoms with Crippen LogP contribution in [0.15, 0.2) is 12.1 Å². The summed E-state index contributed by atoms with van der Waals surface area (Å²) >= 11 is 0. The molecule has 1 aromatic rings. The van der Waals surface area contributed by atoms with Crippen LogP contribution in [-0.2, 0) is 4.74 Å². The van der Waals surface area contributed by atoms with Crippen LogP contribution >= 0.6 is 0 Å². The van der Waals surface area contributed by atoms with Gasteiger partial charge in [-0.15, -0.1) is 0 Å². The maximum Gasteiger partial charge on any atom is 0.292 e. The van der Waals surface area contributed by atoms with Crippen LogP contribution in [0.5, 0.6) is 0 Å². The number of rotatable bonds is 3. The lowest BCUT2D eigenvalue weighted by Gasteiger charge is -2.54. The topological polar surface area (TPSA) is 64.4 Å². The molecule has 0 bridgehead atoms. The molecule has 0 radical (unpaired) electrons. The van der Waals surface area contributed by atoms with E-state index >= 15 is 0 Å². The molecule has 5 heteroatoms. The van der Waals surface area contributed by atoms with E-state index in [1.807, 2.05) is 19.9 Å². The highest BCUT2D eigenvalue weighted by atomic mass is 16.6. The number of nitrogens with zero attached hydrogens (tertiary/aromatic N) is 1. The van der Waals surface area contributed by atoms with Crippen LogP contribution in [0.1, 0.15) is 31.4 Å². The number of hydrogen-bond donors (Lipinski definition) is 1. The SMILES string of the molecule is Cc1cc(NC2C3CCOC3C2(C)C)c([N+](=O)[O-])cc1C. The first kappa shape index (κ1) is 14.3. The summed E-state index contributed by atoms with van der Waals surface area (Å²) in [5.74, 6) is 0.459. The first-order chi connectivity index (χ1) is 9.82. The average molecular weight is 290 g/mol. The Morgan fingerprint density at radius 1 is 1.33 bits per heavy atom. The third kappa shape index (κ3) is 2.11. The molecular weight excluding hydrogens is 268 g/mol. The van der Waals surface area contributed by atoms with Gasteiger partial charge < -0.3 is 10.1 Å². The molecule has 1 aromatic carbocycles. The zero-order valence-electron chi connectivity index (χ0n) is 13.0. The molecule has 1 saturated heterocycles. The average Bonchev–Trinajstić information content (AvgIpc) is 2.86. The summed E-state index contributed by atoms with van der Waals surface area (Å²) in [4.78, 5) is 11.0. The molecular formula is C16H22N2O3. The molecule has 1 aliphatic carbocycles. The van der Waals surface area contributed by atoms with Gasteiger partial charge in [-0.25, -0.2) is 0 Å². The van der Waals surface area contributed by atoms with Gasteiger partial charge >= 0.3 is 0 Å². The first-order valence-electron chi connectivity index (χ1n) is 7.46. The summed E-state index contributed by atoms with van der Waals surface area (Å²) in [6.07, 6.45) is 1.31. The normalized spacial score (nSPS) is 29.6. The van der Waals surface area contributed by atoms with E-state index in [0.29, 0.717) is 11.6 Å². The Hall–Kier alpha value is -1.62. The number of fused-ring (bicyclic) bond motifs is 1. The van der Waals surface area contributed by atoms with E-state index in [1.165, 1.54) is 0 Å². The van der Waals surface area contributed by atoms with E-state index < -0.39 is 0 Å². The number of benzene rings is 1. The largest absolute Gasteiger partial charge is 0.377 e. The minimum absolute atomic E-state index is 0.00776. The van der Waals surface area contributed by atoms with Gasteiger partial charge in [0.2, 0.25) is 0 Å². The van der Waals surface area contributed by atoms with Crippen molar-refractivity contribution in [2.45, 2.75) is 46.3 Å². The van der Waals surface area contributed by atoms with Gasteiger partial charge in [-0.3, -0.25) is 10.1 Å². The van der Waals surface area contributed by atoms with Gasteiger partial charge in [-0.1, -0.05) is 13.8 Å². The summed E-state index contributed by atoms with van der Waals surface area (Å²) in [6, 6.07) is 3.78. The van der Waals surface area contributed by atoms with Crippen molar-refractivity contribution in [1.82, 2.24) is 0 Å². The Bertz CT molecular complexity index is 597. The minimum atomic E-state index is -0.303. The van der Waals surface area contributed by atoms with Gasteiger partial charge in [0, 0.05) is 30.0 Å². The Morgan fingerprint density at radius 3 is 2.67 bits per heavy atom. The number of hydrogen-bond acceptors (Lipinski definition) is 4. The Morgan fingerprint density at radius 2 is 2.00 bits per heavy atom. The highest BCUT2D eigenvalue weighted by molar-refractivity contribution is 5.65. The van der Waals surface area contributed by atoms with E-state index in [2.05, 4.69) is 19.2 Å². The molecule has 3 rings (SSSR count). The summed E-state index contributed by atoms with van der Waals surface area (Å²) in [5, 5.41) is 14.7. The number of nitro groups is 1. The highest BCUT2D eigenvalue weighted by Gasteiger charge is 2.59. The number of aryl methyl sites for hydroxylation is 2. The van der Waals surface area contributed by atoms with Gasteiger partial charge in [0.05, 0.1) is 11.0 Å². The van der Waals surface area contributed by atoms with Gasteiger partial charge in [-0.2, -0.15) is 0 Å². The molecule has 3 atom stereocenters. The lowest BCUT2D eigenvalue weighted by molar-refractivity contribution is -0.384. The second-order valence-corrected chi connectivity index (χ2v) is 6.90. The Labute approximate surface area is 124 Å². The maximum absolute atomic E-state index is 11.3. The van der Waals surface area contributed by atoms with Crippen LogP contribution < -0.4 is 5.32 Å². The molecule has 1 N–H and O–H groups in total. The maximum atomic E-state index is 11.3. The standard InChI is InChI=1S/C16H22N2O3/c1-9-7-12(13(18(19)20)8-10(9)2)17-14-11-5-6-21-15(11)16(14,3)4/h7-8,11,14-15,17H,5-6H2,1-4H3. The zero-order valence-corrected chi connectivity index (χ0v) is 13.0. The number of nitro benzene ring substituents is 1. The number of anilines is 1.